The van der Waals surface area contributed by atoms with Crippen LogP contribution in [-0.2, 0) is 21.8 Å². The molecule has 3 atom stereocenters. The number of ether oxygens (including phenoxy) is 1. The summed E-state index contributed by atoms with van der Waals surface area (Å²) in [6, 6.07) is 0. The molecule has 23 heavy (non-hydrogen) atoms. The zero-order chi connectivity index (χ0) is 16.4. The van der Waals surface area contributed by atoms with Gasteiger partial charge in [-0.05, 0) is 24.8 Å². The Kier molecular flexibility index (Phi) is 5.05. The maximum Gasteiger partial charge on any atom is 0.216 e. The van der Waals surface area contributed by atoms with Crippen molar-refractivity contribution in [3.63, 3.8) is 0 Å². The Morgan fingerprint density at radius 1 is 1.39 bits per heavy atom. The molecule has 0 amide bonds. The van der Waals surface area contributed by atoms with Crippen LogP contribution in [0.3, 0.4) is 0 Å². The minimum absolute atomic E-state index is 0.00394. The fraction of sp³-hybridized carbons (Fsp3) is 0.800. The second-order valence-electron chi connectivity index (χ2n) is 6.58. The minimum Gasteiger partial charge on any atom is -0.396 e. The third-order valence-electron chi connectivity index (χ3n) is 4.86. The van der Waals surface area contributed by atoms with Crippen molar-refractivity contribution in [1.29, 1.82) is 0 Å². The fourth-order valence-electron chi connectivity index (χ4n) is 3.53. The quantitative estimate of drug-likeness (QED) is 0.833. The molecule has 0 radical (unpaired) electrons. The van der Waals surface area contributed by atoms with Crippen molar-refractivity contribution in [2.45, 2.75) is 31.3 Å². The third kappa shape index (κ3) is 3.76. The first-order valence-electron chi connectivity index (χ1n) is 8.18. The highest BCUT2D eigenvalue weighted by Gasteiger charge is 2.40. The second-order valence-corrected chi connectivity index (χ2v) is 8.59. The molecular weight excluding hydrogens is 318 g/mol. The van der Waals surface area contributed by atoms with Crippen molar-refractivity contribution >= 4 is 10.0 Å². The molecule has 0 unspecified atom stereocenters. The molecule has 3 heterocycles. The zero-order valence-electron chi connectivity index (χ0n) is 13.5. The van der Waals surface area contributed by atoms with Gasteiger partial charge >= 0.3 is 0 Å². The Morgan fingerprint density at radius 2 is 2.22 bits per heavy atom. The van der Waals surface area contributed by atoms with Gasteiger partial charge < -0.3 is 9.84 Å². The molecule has 8 heteroatoms. The van der Waals surface area contributed by atoms with Gasteiger partial charge in [-0.1, -0.05) is 0 Å². The van der Waals surface area contributed by atoms with Gasteiger partial charge in [-0.3, -0.25) is 4.68 Å². The van der Waals surface area contributed by atoms with E-state index in [9.17, 15) is 13.5 Å². The number of aliphatic hydroxyl groups excluding tert-OH is 1. The predicted octanol–water partition coefficient (Wildman–Crippen LogP) is 0.327. The molecule has 2 saturated heterocycles. The molecule has 0 aromatic carbocycles. The molecule has 1 aromatic rings. The van der Waals surface area contributed by atoms with E-state index in [0.717, 1.165) is 24.8 Å². The lowest BCUT2D eigenvalue weighted by molar-refractivity contribution is 0.0299. The van der Waals surface area contributed by atoms with E-state index in [1.807, 2.05) is 13.2 Å². The van der Waals surface area contributed by atoms with Crippen molar-refractivity contribution < 1.29 is 18.3 Å². The van der Waals surface area contributed by atoms with Gasteiger partial charge in [-0.2, -0.15) is 5.10 Å². The normalized spacial score (nSPS) is 29.9. The highest BCUT2D eigenvalue weighted by Crippen LogP contribution is 2.34. The summed E-state index contributed by atoms with van der Waals surface area (Å²) in [4.78, 5) is 0. The van der Waals surface area contributed by atoms with Crippen molar-refractivity contribution in [3.8, 4) is 0 Å². The van der Waals surface area contributed by atoms with E-state index >= 15 is 0 Å². The van der Waals surface area contributed by atoms with Gasteiger partial charge in [0.1, 0.15) is 0 Å². The Balaban J connectivity index is 1.70. The lowest BCUT2D eigenvalue weighted by Gasteiger charge is -2.25. The highest BCUT2D eigenvalue weighted by atomic mass is 32.2. The molecule has 2 fully saturated rings. The molecule has 2 aliphatic heterocycles. The number of hydrogen-bond donors (Lipinski definition) is 1. The summed E-state index contributed by atoms with van der Waals surface area (Å²) in [5.74, 6) is -0.0396. The Bertz CT molecular complexity index is 624. The fourth-order valence-corrected chi connectivity index (χ4v) is 5.28. The van der Waals surface area contributed by atoms with Gasteiger partial charge in [0, 0.05) is 51.4 Å². The molecule has 0 bridgehead atoms. The van der Waals surface area contributed by atoms with Crippen LogP contribution in [0.15, 0.2) is 12.4 Å². The number of aryl methyl sites for hydroxylation is 1. The van der Waals surface area contributed by atoms with Crippen molar-refractivity contribution in [3.05, 3.63) is 18.0 Å². The van der Waals surface area contributed by atoms with Crippen LogP contribution in [0.25, 0.3) is 0 Å². The van der Waals surface area contributed by atoms with E-state index in [-0.39, 0.29) is 30.3 Å². The van der Waals surface area contributed by atoms with Crippen molar-refractivity contribution in [2.24, 2.45) is 13.0 Å². The summed E-state index contributed by atoms with van der Waals surface area (Å²) >= 11 is 0. The minimum atomic E-state index is -3.37. The standard InChI is InChI=1S/C15H25N3O4S/c1-17-7-12(6-16-17)15-9-18(8-13(15)10-19)23(20,21)11-14-4-2-3-5-22-14/h6-7,13-15,19H,2-5,8-11H2,1H3/t13-,14+,15-/m0/s1. The molecule has 1 N–H and O–H groups in total. The summed E-state index contributed by atoms with van der Waals surface area (Å²) < 4.78 is 34.2. The zero-order valence-corrected chi connectivity index (χ0v) is 14.3. The molecule has 0 aliphatic carbocycles. The van der Waals surface area contributed by atoms with E-state index in [2.05, 4.69) is 5.10 Å². The molecular formula is C15H25N3O4S. The SMILES string of the molecule is Cn1cc([C@@H]2CN(S(=O)(=O)C[C@H]3CCCCO3)C[C@H]2CO)cn1. The van der Waals surface area contributed by atoms with Gasteiger partial charge in [-0.15, -0.1) is 0 Å². The van der Waals surface area contributed by atoms with E-state index in [4.69, 9.17) is 4.74 Å². The summed E-state index contributed by atoms with van der Waals surface area (Å²) in [6.45, 7) is 1.40. The van der Waals surface area contributed by atoms with Crippen molar-refractivity contribution in [1.82, 2.24) is 14.1 Å². The number of sulfonamides is 1. The van der Waals surface area contributed by atoms with Crippen LogP contribution in [0.5, 0.6) is 0 Å². The van der Waals surface area contributed by atoms with E-state index in [1.165, 1.54) is 4.31 Å². The predicted molar refractivity (Wildman–Crippen MR) is 85.5 cm³/mol. The largest absolute Gasteiger partial charge is 0.396 e. The topological polar surface area (TPSA) is 84.7 Å². The van der Waals surface area contributed by atoms with Gasteiger partial charge in [-0.25, -0.2) is 12.7 Å². The lowest BCUT2D eigenvalue weighted by Crippen LogP contribution is -2.37. The van der Waals surface area contributed by atoms with Crippen molar-refractivity contribution in [2.75, 3.05) is 32.1 Å². The lowest BCUT2D eigenvalue weighted by atomic mass is 9.92. The molecule has 130 valence electrons. The first-order valence-corrected chi connectivity index (χ1v) is 9.79. The van der Waals surface area contributed by atoms with Crippen LogP contribution in [0.4, 0.5) is 0 Å². The molecule has 3 rings (SSSR count). The van der Waals surface area contributed by atoms with E-state index in [0.29, 0.717) is 19.7 Å². The van der Waals surface area contributed by atoms with Crippen LogP contribution >= 0.6 is 0 Å². The van der Waals surface area contributed by atoms with E-state index in [1.54, 1.807) is 10.9 Å². The summed E-state index contributed by atoms with van der Waals surface area (Å²) in [6.07, 6.45) is 6.30. The summed E-state index contributed by atoms with van der Waals surface area (Å²) in [7, 11) is -1.53. The van der Waals surface area contributed by atoms with Gasteiger partial charge in [0.2, 0.25) is 10.0 Å². The Hall–Kier alpha value is -0.960. The van der Waals surface area contributed by atoms with Crippen LogP contribution < -0.4 is 0 Å². The van der Waals surface area contributed by atoms with Crippen LogP contribution in [0, 0.1) is 5.92 Å². The average Bonchev–Trinajstić information content (AvgIpc) is 3.14. The molecule has 2 aliphatic rings. The van der Waals surface area contributed by atoms with Gasteiger partial charge in [0.15, 0.2) is 0 Å². The number of aromatic nitrogens is 2. The van der Waals surface area contributed by atoms with Gasteiger partial charge in [0.25, 0.3) is 0 Å². The molecule has 1 aromatic heterocycles. The Labute approximate surface area is 137 Å². The molecule has 0 saturated carbocycles. The first-order chi connectivity index (χ1) is 11.0. The monoisotopic (exact) mass is 343 g/mol. The first kappa shape index (κ1) is 16.9. The second kappa shape index (κ2) is 6.88. The number of hydrogen-bond acceptors (Lipinski definition) is 5. The summed E-state index contributed by atoms with van der Waals surface area (Å²) in [5, 5.41) is 13.8. The maximum atomic E-state index is 12.7. The number of aliphatic hydroxyl groups is 1. The third-order valence-corrected chi connectivity index (χ3v) is 6.74. The molecule has 0 spiro atoms. The van der Waals surface area contributed by atoms with Crippen LogP contribution in [0.2, 0.25) is 0 Å². The average molecular weight is 343 g/mol. The summed E-state index contributed by atoms with van der Waals surface area (Å²) in [5.41, 5.74) is 0.984. The molecule has 7 nitrogen and oxygen atoms in total. The number of rotatable bonds is 5. The van der Waals surface area contributed by atoms with Crippen LogP contribution in [0.1, 0.15) is 30.7 Å². The van der Waals surface area contributed by atoms with Crippen LogP contribution in [-0.4, -0.2) is 65.8 Å². The Morgan fingerprint density at radius 3 is 2.83 bits per heavy atom. The van der Waals surface area contributed by atoms with E-state index < -0.39 is 10.0 Å². The van der Waals surface area contributed by atoms with Gasteiger partial charge in [0.05, 0.1) is 18.1 Å². The number of nitrogens with zero attached hydrogens (tertiary/aromatic N) is 3. The smallest absolute Gasteiger partial charge is 0.216 e. The maximum absolute atomic E-state index is 12.7. The highest BCUT2D eigenvalue weighted by molar-refractivity contribution is 7.89.